The molecule has 11 heteroatoms. The summed E-state index contributed by atoms with van der Waals surface area (Å²) in [7, 11) is -3.40. The highest BCUT2D eigenvalue weighted by Gasteiger charge is 2.78. The highest BCUT2D eigenvalue weighted by molar-refractivity contribution is 7.46. The second kappa shape index (κ2) is 8.80. The van der Waals surface area contributed by atoms with Gasteiger partial charge < -0.3 is 14.4 Å². The van der Waals surface area contributed by atoms with Crippen molar-refractivity contribution >= 4 is 25.4 Å². The number of hydrogen-bond donors (Lipinski definition) is 3. The fourth-order valence-corrected chi connectivity index (χ4v) is 8.21. The second-order valence-electron chi connectivity index (χ2n) is 10.7. The molecular formula is C27H26ClO9P. The van der Waals surface area contributed by atoms with E-state index in [1.54, 1.807) is 24.3 Å². The second-order valence-corrected chi connectivity index (χ2v) is 12.7. The van der Waals surface area contributed by atoms with Crippen LogP contribution >= 0.6 is 19.4 Å². The van der Waals surface area contributed by atoms with Crippen LogP contribution in [0, 0.1) is 29.6 Å². The fourth-order valence-electron chi connectivity index (χ4n) is 7.21. The summed E-state index contributed by atoms with van der Waals surface area (Å²) in [5.41, 5.74) is 0.603. The molecule has 0 radical (unpaired) electrons. The Labute approximate surface area is 224 Å². The summed E-state index contributed by atoms with van der Waals surface area (Å²) >= 11 is 6.96. The molecule has 3 unspecified atom stereocenters. The number of phosphoric ester groups is 1. The third-order valence-electron chi connectivity index (χ3n) is 8.48. The minimum atomic E-state index is -4.93. The van der Waals surface area contributed by atoms with E-state index < -0.39 is 25.2 Å². The van der Waals surface area contributed by atoms with Crippen LogP contribution in [0.1, 0.15) is 59.2 Å². The summed E-state index contributed by atoms with van der Waals surface area (Å²) in [6.45, 7) is 0. The molecule has 2 aromatic carbocycles. The van der Waals surface area contributed by atoms with Crippen LogP contribution in [0.25, 0.3) is 0 Å². The fraction of sp³-hybridized carbons (Fsp3) is 0.444. The van der Waals surface area contributed by atoms with Gasteiger partial charge in [-0.3, -0.25) is 9.79 Å². The first-order valence-corrected chi connectivity index (χ1v) is 14.2. The molecule has 4 aliphatic carbocycles. The van der Waals surface area contributed by atoms with Gasteiger partial charge in [0.1, 0.15) is 5.75 Å². The number of alkyl halides is 1. The van der Waals surface area contributed by atoms with Crippen molar-refractivity contribution in [3.05, 3.63) is 64.7 Å². The Kier molecular flexibility index (Phi) is 5.99. The number of carbonyl (C=O) groups is 1. The standard InChI is InChI=1S/C27H26ClO9P/c1-34-27(26(36-37-27)21-10-17-11-22(26)15-25(28,13-17)14-21)20-9-8-18(23(12-20)35-38(31,32)33)5-2-16-3-6-19(7-4-16)24(29)30/h3-4,6-9,12,17,21-22H,10-11,13-15H2,1H3,(H,29,30)(H2,31,32,33). The van der Waals surface area contributed by atoms with E-state index >= 15 is 0 Å². The lowest BCUT2D eigenvalue weighted by atomic mass is 9.46. The van der Waals surface area contributed by atoms with Crippen LogP contribution in [0.4, 0.5) is 0 Å². The lowest BCUT2D eigenvalue weighted by molar-refractivity contribution is -0.645. The molecule has 5 fully saturated rings. The average Bonchev–Trinajstić information content (AvgIpc) is 2.82. The average molecular weight is 561 g/mol. The molecule has 2 aromatic rings. The van der Waals surface area contributed by atoms with E-state index in [1.165, 1.54) is 25.3 Å². The molecule has 38 heavy (non-hydrogen) atoms. The monoisotopic (exact) mass is 560 g/mol. The maximum atomic E-state index is 11.8. The van der Waals surface area contributed by atoms with E-state index in [0.29, 0.717) is 17.0 Å². The van der Waals surface area contributed by atoms with E-state index in [9.17, 15) is 19.1 Å². The third-order valence-corrected chi connectivity index (χ3v) is 9.38. The van der Waals surface area contributed by atoms with Crippen LogP contribution in [0.2, 0.25) is 0 Å². The van der Waals surface area contributed by atoms with E-state index in [1.807, 2.05) is 0 Å². The minimum Gasteiger partial charge on any atom is -0.478 e. The molecule has 3 atom stereocenters. The van der Waals surface area contributed by atoms with E-state index in [4.69, 9.17) is 35.7 Å². The smallest absolute Gasteiger partial charge is 0.478 e. The van der Waals surface area contributed by atoms with Gasteiger partial charge in [0, 0.05) is 23.1 Å². The number of carboxylic acids is 1. The number of rotatable bonds is 5. The van der Waals surface area contributed by atoms with Crippen LogP contribution < -0.4 is 4.52 Å². The molecule has 0 aromatic heterocycles. The number of halogens is 1. The van der Waals surface area contributed by atoms with Crippen LogP contribution in [0.3, 0.4) is 0 Å². The first-order valence-electron chi connectivity index (χ1n) is 12.3. The van der Waals surface area contributed by atoms with Crippen LogP contribution in [-0.4, -0.2) is 38.4 Å². The van der Waals surface area contributed by atoms with Gasteiger partial charge in [-0.2, -0.15) is 4.89 Å². The molecular weight excluding hydrogens is 535 g/mol. The number of aromatic carboxylic acids is 1. The van der Waals surface area contributed by atoms with E-state index in [0.717, 1.165) is 32.1 Å². The van der Waals surface area contributed by atoms with Crippen LogP contribution in [0.15, 0.2) is 42.5 Å². The SMILES string of the molecule is COC1(c2ccc(C#Cc3ccc(C(=O)O)cc3)c(OP(=O)(O)O)c2)OOC12C1CC3CC2CC(Cl)(C3)C1. The molecule has 0 amide bonds. The number of carboxylic acid groups (broad SMARTS) is 1. The van der Waals surface area contributed by atoms with Gasteiger partial charge in [-0.1, -0.05) is 17.9 Å². The van der Waals surface area contributed by atoms with Crippen molar-refractivity contribution in [3.8, 4) is 17.6 Å². The summed E-state index contributed by atoms with van der Waals surface area (Å²) in [6.07, 6.45) is 4.48. The largest absolute Gasteiger partial charge is 0.524 e. The van der Waals surface area contributed by atoms with Gasteiger partial charge in [-0.25, -0.2) is 14.2 Å². The number of benzene rings is 2. The minimum absolute atomic E-state index is 0.111. The molecule has 4 saturated carbocycles. The molecule has 1 aliphatic heterocycles. The van der Waals surface area contributed by atoms with Crippen molar-refractivity contribution in [1.82, 2.24) is 0 Å². The Balaban J connectivity index is 1.38. The number of methoxy groups -OCH3 is 1. The summed E-state index contributed by atoms with van der Waals surface area (Å²) < 4.78 is 22.9. The number of ether oxygens (including phenoxy) is 1. The van der Waals surface area contributed by atoms with Crippen molar-refractivity contribution in [1.29, 1.82) is 0 Å². The Morgan fingerprint density at radius 3 is 2.26 bits per heavy atom. The van der Waals surface area contributed by atoms with E-state index in [-0.39, 0.29) is 33.6 Å². The third kappa shape index (κ3) is 3.99. The first kappa shape index (κ1) is 25.8. The van der Waals surface area contributed by atoms with Crippen molar-refractivity contribution < 1.29 is 43.3 Å². The van der Waals surface area contributed by atoms with Crippen LogP contribution in [-0.2, 0) is 24.9 Å². The zero-order valence-corrected chi connectivity index (χ0v) is 22.1. The maximum absolute atomic E-state index is 11.8. The molecule has 7 rings (SSSR count). The predicted octanol–water partition coefficient (Wildman–Crippen LogP) is 4.57. The first-order chi connectivity index (χ1) is 18.0. The van der Waals surface area contributed by atoms with Gasteiger partial charge in [-0.05, 0) is 86.3 Å². The van der Waals surface area contributed by atoms with Gasteiger partial charge in [0.15, 0.2) is 5.60 Å². The van der Waals surface area contributed by atoms with Crippen molar-refractivity contribution in [2.24, 2.45) is 17.8 Å². The number of hydrogen-bond acceptors (Lipinski definition) is 6. The Morgan fingerprint density at radius 1 is 1.05 bits per heavy atom. The summed E-state index contributed by atoms with van der Waals surface area (Å²) in [4.78, 5) is 41.8. The van der Waals surface area contributed by atoms with Crippen molar-refractivity contribution in [2.45, 2.75) is 48.4 Å². The van der Waals surface area contributed by atoms with E-state index in [2.05, 4.69) is 11.8 Å². The Hall–Kier alpha value is -2.41. The van der Waals surface area contributed by atoms with Gasteiger partial charge >= 0.3 is 13.8 Å². The zero-order valence-electron chi connectivity index (χ0n) is 20.4. The zero-order chi connectivity index (χ0) is 26.9. The highest BCUT2D eigenvalue weighted by atomic mass is 35.5. The van der Waals surface area contributed by atoms with Gasteiger partial charge in [0.2, 0.25) is 0 Å². The Bertz CT molecular complexity index is 1390. The molecule has 200 valence electrons. The lowest BCUT2D eigenvalue weighted by Crippen LogP contribution is -2.78. The summed E-state index contributed by atoms with van der Waals surface area (Å²) in [6, 6.07) is 10.8. The Morgan fingerprint density at radius 2 is 1.74 bits per heavy atom. The lowest BCUT2D eigenvalue weighted by Gasteiger charge is -2.70. The number of phosphoric acid groups is 1. The molecule has 1 spiro atoms. The molecule has 4 bridgehead atoms. The molecule has 5 aliphatic rings. The van der Waals surface area contributed by atoms with Gasteiger partial charge in [0.05, 0.1) is 11.1 Å². The van der Waals surface area contributed by atoms with Crippen LogP contribution in [0.5, 0.6) is 5.75 Å². The molecule has 1 saturated heterocycles. The highest BCUT2D eigenvalue weighted by Crippen LogP contribution is 2.71. The topological polar surface area (TPSA) is 132 Å². The van der Waals surface area contributed by atoms with Crippen molar-refractivity contribution in [2.75, 3.05) is 7.11 Å². The van der Waals surface area contributed by atoms with Gasteiger partial charge in [0.25, 0.3) is 5.79 Å². The van der Waals surface area contributed by atoms with Crippen molar-refractivity contribution in [3.63, 3.8) is 0 Å². The normalized spacial score (nSPS) is 34.9. The molecule has 3 N–H and O–H groups in total. The molecule has 1 heterocycles. The summed E-state index contributed by atoms with van der Waals surface area (Å²) in [5, 5.41) is 9.07. The molecule has 9 nitrogen and oxygen atoms in total. The summed E-state index contributed by atoms with van der Waals surface area (Å²) in [5.74, 6) is 4.01. The quantitative estimate of drug-likeness (QED) is 0.208. The maximum Gasteiger partial charge on any atom is 0.524 e. The van der Waals surface area contributed by atoms with Gasteiger partial charge in [-0.15, -0.1) is 11.6 Å². The predicted molar refractivity (Wildman–Crippen MR) is 134 cm³/mol.